The van der Waals surface area contributed by atoms with Gasteiger partial charge >= 0.3 is 0 Å². The van der Waals surface area contributed by atoms with Crippen molar-refractivity contribution in [3.05, 3.63) is 29.3 Å². The number of hydrogen-bond acceptors (Lipinski definition) is 3. The second-order valence-electron chi connectivity index (χ2n) is 6.53. The van der Waals surface area contributed by atoms with Gasteiger partial charge in [-0.1, -0.05) is 6.07 Å². The minimum Gasteiger partial charge on any atom is -0.492 e. The van der Waals surface area contributed by atoms with E-state index in [1.165, 1.54) is 11.1 Å². The van der Waals surface area contributed by atoms with Crippen LogP contribution >= 0.6 is 0 Å². The fourth-order valence-electron chi connectivity index (χ4n) is 2.71. The minimum atomic E-state index is -0.566. The fourth-order valence-corrected chi connectivity index (χ4v) is 2.71. The van der Waals surface area contributed by atoms with Crippen LogP contribution in [0.25, 0.3) is 0 Å². The highest BCUT2D eigenvalue weighted by atomic mass is 16.5. The molecule has 0 amide bonds. The maximum absolute atomic E-state index is 10.0. The van der Waals surface area contributed by atoms with Crippen LogP contribution in [0.15, 0.2) is 18.2 Å². The third-order valence-electron chi connectivity index (χ3n) is 4.43. The average molecular weight is 277 g/mol. The van der Waals surface area contributed by atoms with Gasteiger partial charge in [0.2, 0.25) is 0 Å². The number of rotatable bonds is 5. The third kappa shape index (κ3) is 3.97. The van der Waals surface area contributed by atoms with Gasteiger partial charge in [0.1, 0.15) is 12.4 Å². The number of likely N-dealkylation sites (tertiary alicyclic amines) is 1. The van der Waals surface area contributed by atoms with E-state index in [0.717, 1.165) is 31.8 Å². The summed E-state index contributed by atoms with van der Waals surface area (Å²) in [6.07, 6.45) is 1.08. The molecule has 2 rings (SSSR count). The van der Waals surface area contributed by atoms with E-state index in [0.29, 0.717) is 12.5 Å². The lowest BCUT2D eigenvalue weighted by Gasteiger charge is -2.25. The third-order valence-corrected chi connectivity index (χ3v) is 4.43. The van der Waals surface area contributed by atoms with Gasteiger partial charge in [-0.15, -0.1) is 0 Å². The molecule has 0 bridgehead atoms. The van der Waals surface area contributed by atoms with Crippen molar-refractivity contribution in [2.45, 2.75) is 39.7 Å². The Kier molecular flexibility index (Phi) is 4.71. The lowest BCUT2D eigenvalue weighted by Crippen LogP contribution is -2.34. The predicted molar refractivity (Wildman–Crippen MR) is 82.3 cm³/mol. The van der Waals surface area contributed by atoms with Gasteiger partial charge in [-0.3, -0.25) is 4.90 Å². The summed E-state index contributed by atoms with van der Waals surface area (Å²) in [5.74, 6) is 1.33. The van der Waals surface area contributed by atoms with E-state index >= 15 is 0 Å². The first-order valence-corrected chi connectivity index (χ1v) is 7.51. The van der Waals surface area contributed by atoms with Crippen molar-refractivity contribution < 1.29 is 9.84 Å². The molecular formula is C17H27NO2. The molecule has 1 saturated heterocycles. The van der Waals surface area contributed by atoms with Gasteiger partial charge in [-0.25, -0.2) is 0 Å². The highest BCUT2D eigenvalue weighted by Gasteiger charge is 2.33. The summed E-state index contributed by atoms with van der Waals surface area (Å²) in [5.41, 5.74) is 2.00. The molecule has 0 spiro atoms. The molecule has 1 aliphatic rings. The van der Waals surface area contributed by atoms with E-state index in [1.54, 1.807) is 0 Å². The molecule has 1 unspecified atom stereocenters. The molecule has 1 aromatic rings. The zero-order valence-corrected chi connectivity index (χ0v) is 13.1. The van der Waals surface area contributed by atoms with Crippen LogP contribution in [0.1, 0.15) is 31.4 Å². The largest absolute Gasteiger partial charge is 0.492 e. The molecule has 0 aromatic heterocycles. The topological polar surface area (TPSA) is 32.7 Å². The van der Waals surface area contributed by atoms with Crippen LogP contribution in [-0.2, 0) is 0 Å². The van der Waals surface area contributed by atoms with E-state index in [1.807, 2.05) is 19.9 Å². The Labute approximate surface area is 122 Å². The Morgan fingerprint density at radius 2 is 2.05 bits per heavy atom. The molecule has 1 atom stereocenters. The molecule has 0 radical (unpaired) electrons. The van der Waals surface area contributed by atoms with Crippen molar-refractivity contribution in [2.24, 2.45) is 5.92 Å². The van der Waals surface area contributed by atoms with Crippen molar-refractivity contribution >= 4 is 0 Å². The van der Waals surface area contributed by atoms with Crippen LogP contribution in [0.4, 0.5) is 0 Å². The monoisotopic (exact) mass is 277 g/mol. The number of aliphatic hydroxyl groups is 1. The highest BCUT2D eigenvalue weighted by molar-refractivity contribution is 5.33. The quantitative estimate of drug-likeness (QED) is 0.898. The van der Waals surface area contributed by atoms with Gasteiger partial charge in [0.05, 0.1) is 5.60 Å². The van der Waals surface area contributed by atoms with E-state index in [2.05, 4.69) is 30.9 Å². The second kappa shape index (κ2) is 6.15. The van der Waals surface area contributed by atoms with Gasteiger partial charge in [0.15, 0.2) is 0 Å². The lowest BCUT2D eigenvalue weighted by molar-refractivity contribution is 0.0206. The standard InChI is InChI=1S/C17H27NO2/c1-13-5-6-16(11-14(13)2)20-10-9-18-8-7-15(12-18)17(3,4)19/h5-6,11,15,19H,7-10,12H2,1-4H3. The summed E-state index contributed by atoms with van der Waals surface area (Å²) in [6.45, 7) is 11.7. The molecule has 1 fully saturated rings. The van der Waals surface area contributed by atoms with E-state index < -0.39 is 5.60 Å². The molecule has 20 heavy (non-hydrogen) atoms. The Morgan fingerprint density at radius 3 is 2.65 bits per heavy atom. The minimum absolute atomic E-state index is 0.379. The average Bonchev–Trinajstić information content (AvgIpc) is 2.82. The fraction of sp³-hybridized carbons (Fsp3) is 0.647. The first-order valence-electron chi connectivity index (χ1n) is 7.51. The van der Waals surface area contributed by atoms with Crippen molar-refractivity contribution in [3.8, 4) is 5.75 Å². The van der Waals surface area contributed by atoms with E-state index in [-0.39, 0.29) is 0 Å². The van der Waals surface area contributed by atoms with Gasteiger partial charge in [-0.05, 0) is 63.9 Å². The summed E-state index contributed by atoms with van der Waals surface area (Å²) >= 11 is 0. The molecule has 1 N–H and O–H groups in total. The number of ether oxygens (including phenoxy) is 1. The molecule has 3 heteroatoms. The van der Waals surface area contributed by atoms with Gasteiger partial charge < -0.3 is 9.84 Å². The van der Waals surface area contributed by atoms with Gasteiger partial charge in [-0.2, -0.15) is 0 Å². The zero-order chi connectivity index (χ0) is 14.8. The Hall–Kier alpha value is -1.06. The summed E-state index contributed by atoms with van der Waals surface area (Å²) in [4.78, 5) is 2.38. The van der Waals surface area contributed by atoms with Crippen LogP contribution < -0.4 is 4.74 Å². The maximum Gasteiger partial charge on any atom is 0.119 e. The number of nitrogens with zero attached hydrogens (tertiary/aromatic N) is 1. The lowest BCUT2D eigenvalue weighted by atomic mass is 9.90. The van der Waals surface area contributed by atoms with Crippen molar-refractivity contribution in [2.75, 3.05) is 26.2 Å². The molecule has 112 valence electrons. The van der Waals surface area contributed by atoms with Crippen LogP contribution in [0.5, 0.6) is 5.75 Å². The molecular weight excluding hydrogens is 250 g/mol. The molecule has 0 saturated carbocycles. The Bertz CT molecular complexity index is 451. The normalized spacial score (nSPS) is 20.4. The van der Waals surface area contributed by atoms with E-state index in [9.17, 15) is 5.11 Å². The second-order valence-corrected chi connectivity index (χ2v) is 6.53. The number of hydrogen-bond donors (Lipinski definition) is 1. The summed E-state index contributed by atoms with van der Waals surface area (Å²) in [7, 11) is 0. The number of benzene rings is 1. The highest BCUT2D eigenvalue weighted by Crippen LogP contribution is 2.26. The Balaban J connectivity index is 1.75. The molecule has 3 nitrogen and oxygen atoms in total. The smallest absolute Gasteiger partial charge is 0.119 e. The van der Waals surface area contributed by atoms with Gasteiger partial charge in [0, 0.05) is 19.0 Å². The molecule has 0 aliphatic carbocycles. The summed E-state index contributed by atoms with van der Waals surface area (Å²) in [5, 5.41) is 10.0. The first kappa shape index (κ1) is 15.3. The summed E-state index contributed by atoms with van der Waals surface area (Å²) in [6, 6.07) is 6.23. The predicted octanol–water partition coefficient (Wildman–Crippen LogP) is 2.78. The van der Waals surface area contributed by atoms with Crippen LogP contribution in [0.2, 0.25) is 0 Å². The van der Waals surface area contributed by atoms with Gasteiger partial charge in [0.25, 0.3) is 0 Å². The first-order chi connectivity index (χ1) is 9.36. The SMILES string of the molecule is Cc1ccc(OCCN2CCC(C(C)(C)O)C2)cc1C. The van der Waals surface area contributed by atoms with Crippen LogP contribution in [0, 0.1) is 19.8 Å². The molecule has 1 aromatic carbocycles. The van der Waals surface area contributed by atoms with Crippen molar-refractivity contribution in [1.82, 2.24) is 4.90 Å². The van der Waals surface area contributed by atoms with E-state index in [4.69, 9.17) is 4.74 Å². The summed E-state index contributed by atoms with van der Waals surface area (Å²) < 4.78 is 5.82. The number of aryl methyl sites for hydroxylation is 2. The molecule has 1 aliphatic heterocycles. The van der Waals surface area contributed by atoms with Crippen molar-refractivity contribution in [3.63, 3.8) is 0 Å². The molecule has 1 heterocycles. The Morgan fingerprint density at radius 1 is 1.30 bits per heavy atom. The van der Waals surface area contributed by atoms with Crippen LogP contribution in [0.3, 0.4) is 0 Å². The zero-order valence-electron chi connectivity index (χ0n) is 13.1. The maximum atomic E-state index is 10.0. The van der Waals surface area contributed by atoms with Crippen molar-refractivity contribution in [1.29, 1.82) is 0 Å². The van der Waals surface area contributed by atoms with Crippen LogP contribution in [-0.4, -0.2) is 41.8 Å².